The number of rotatable bonds is 6. The molecule has 0 radical (unpaired) electrons. The van der Waals surface area contributed by atoms with Gasteiger partial charge in [0.15, 0.2) is 6.29 Å². The maximum absolute atomic E-state index is 10.7. The van der Waals surface area contributed by atoms with Gasteiger partial charge >= 0.3 is 0 Å². The Hall–Kier alpha value is -0.910. The molecule has 0 fully saturated rings. The zero-order valence-corrected chi connectivity index (χ0v) is 11.1. The van der Waals surface area contributed by atoms with Crippen molar-refractivity contribution >= 4 is 22.2 Å². The number of aldehydes is 1. The summed E-state index contributed by atoms with van der Waals surface area (Å²) in [6.07, 6.45) is -0.702. The largest absolute Gasteiger partial charge is 0.496 e. The molecule has 0 heterocycles. The van der Waals surface area contributed by atoms with Crippen molar-refractivity contribution in [2.45, 2.75) is 18.6 Å². The number of halogens is 1. The molecule has 2 N–H and O–H groups in total. The summed E-state index contributed by atoms with van der Waals surface area (Å²) < 4.78 is 5.03. The molecule has 4 nitrogen and oxygen atoms in total. The van der Waals surface area contributed by atoms with Crippen molar-refractivity contribution in [1.82, 2.24) is 0 Å². The van der Waals surface area contributed by atoms with Crippen molar-refractivity contribution in [2.75, 3.05) is 12.4 Å². The lowest BCUT2D eigenvalue weighted by atomic mass is 10.0. The van der Waals surface area contributed by atoms with Crippen LogP contribution in [-0.2, 0) is 0 Å². The number of alkyl halides is 1. The predicted octanol–water partition coefficient (Wildman–Crippen LogP) is 1.69. The van der Waals surface area contributed by atoms with Gasteiger partial charge in [0.25, 0.3) is 0 Å². The second-order valence-corrected chi connectivity index (χ2v) is 4.40. The molecule has 1 aromatic rings. The first kappa shape index (κ1) is 14.2. The third-order valence-electron chi connectivity index (χ3n) is 2.50. The van der Waals surface area contributed by atoms with Crippen LogP contribution in [0.25, 0.3) is 0 Å². The summed E-state index contributed by atoms with van der Waals surface area (Å²) >= 11 is 3.20. The number of aliphatic hydroxyl groups excluding tert-OH is 2. The molecule has 0 amide bonds. The molecule has 0 aliphatic heterocycles. The van der Waals surface area contributed by atoms with E-state index in [0.717, 1.165) is 0 Å². The Morgan fingerprint density at radius 3 is 2.71 bits per heavy atom. The predicted molar refractivity (Wildman–Crippen MR) is 67.8 cm³/mol. The summed E-state index contributed by atoms with van der Waals surface area (Å²) in [5.74, 6) is 0.391. The highest BCUT2D eigenvalue weighted by molar-refractivity contribution is 9.09. The zero-order chi connectivity index (χ0) is 12.8. The molecule has 5 heteroatoms. The highest BCUT2D eigenvalue weighted by Gasteiger charge is 2.18. The fraction of sp³-hybridized carbons (Fsp3) is 0.417. The number of methoxy groups -OCH3 is 1. The van der Waals surface area contributed by atoms with Crippen molar-refractivity contribution in [3.63, 3.8) is 0 Å². The molecule has 1 aromatic carbocycles. The molecule has 1 rings (SSSR count). The lowest BCUT2D eigenvalue weighted by molar-refractivity contribution is 0.0172. The van der Waals surface area contributed by atoms with Crippen LogP contribution >= 0.6 is 15.9 Å². The fourth-order valence-corrected chi connectivity index (χ4v) is 1.97. The first-order valence-corrected chi connectivity index (χ1v) is 6.31. The number of hydrogen-bond donors (Lipinski definition) is 2. The Morgan fingerprint density at radius 1 is 1.47 bits per heavy atom. The van der Waals surface area contributed by atoms with Crippen LogP contribution in [0.2, 0.25) is 0 Å². The van der Waals surface area contributed by atoms with E-state index in [9.17, 15) is 15.0 Å². The van der Waals surface area contributed by atoms with Gasteiger partial charge in [-0.2, -0.15) is 0 Å². The molecule has 0 spiro atoms. The second kappa shape index (κ2) is 6.74. The smallest absolute Gasteiger partial charge is 0.153 e. The Balaban J connectivity index is 2.94. The molecule has 17 heavy (non-hydrogen) atoms. The molecule has 2 unspecified atom stereocenters. The van der Waals surface area contributed by atoms with Gasteiger partial charge in [-0.15, -0.1) is 0 Å². The summed E-state index contributed by atoms with van der Waals surface area (Å²) in [6, 6.07) is 4.73. The van der Waals surface area contributed by atoms with Crippen LogP contribution in [0.4, 0.5) is 0 Å². The molecule has 0 aliphatic rings. The third kappa shape index (κ3) is 3.52. The van der Waals surface area contributed by atoms with E-state index in [1.807, 2.05) is 0 Å². The van der Waals surface area contributed by atoms with Gasteiger partial charge in [-0.1, -0.05) is 22.0 Å². The number of hydrogen-bond acceptors (Lipinski definition) is 4. The summed E-state index contributed by atoms with van der Waals surface area (Å²) in [5, 5.41) is 20.2. The summed E-state index contributed by atoms with van der Waals surface area (Å²) in [5.41, 5.74) is 0.944. The standard InChI is InChI=1S/C12H15BrO4/c1-17-11-6-8(2-3-9(11)7-14)12(16)10(15)4-5-13/h2-3,6-7,10,12,15-16H,4-5H2,1H3. The van der Waals surface area contributed by atoms with E-state index in [1.54, 1.807) is 18.2 Å². The second-order valence-electron chi connectivity index (χ2n) is 3.61. The Bertz CT molecular complexity index is 381. The highest BCUT2D eigenvalue weighted by Crippen LogP contribution is 2.25. The minimum Gasteiger partial charge on any atom is -0.496 e. The van der Waals surface area contributed by atoms with Crippen molar-refractivity contribution in [1.29, 1.82) is 0 Å². The number of benzene rings is 1. The van der Waals surface area contributed by atoms with E-state index in [2.05, 4.69) is 15.9 Å². The molecule has 2 atom stereocenters. The van der Waals surface area contributed by atoms with Crippen molar-refractivity contribution < 1.29 is 19.7 Å². The average molecular weight is 303 g/mol. The van der Waals surface area contributed by atoms with Gasteiger partial charge in [-0.05, 0) is 24.1 Å². The average Bonchev–Trinajstić information content (AvgIpc) is 2.37. The van der Waals surface area contributed by atoms with Gasteiger partial charge in [-0.3, -0.25) is 4.79 Å². The van der Waals surface area contributed by atoms with Gasteiger partial charge in [0, 0.05) is 5.33 Å². The van der Waals surface area contributed by atoms with E-state index in [1.165, 1.54) is 7.11 Å². The Kier molecular flexibility index (Phi) is 5.61. The summed E-state index contributed by atoms with van der Waals surface area (Å²) in [6.45, 7) is 0. The van der Waals surface area contributed by atoms with E-state index in [-0.39, 0.29) is 0 Å². The van der Waals surface area contributed by atoms with E-state index >= 15 is 0 Å². The quantitative estimate of drug-likeness (QED) is 0.620. The molecule has 0 saturated heterocycles. The van der Waals surface area contributed by atoms with Gasteiger partial charge < -0.3 is 14.9 Å². The van der Waals surface area contributed by atoms with Crippen LogP contribution < -0.4 is 4.74 Å². The monoisotopic (exact) mass is 302 g/mol. The first-order valence-electron chi connectivity index (χ1n) is 5.19. The summed E-state index contributed by atoms with van der Waals surface area (Å²) in [7, 11) is 1.45. The normalized spacial score (nSPS) is 14.1. The van der Waals surface area contributed by atoms with Gasteiger partial charge in [-0.25, -0.2) is 0 Å². The van der Waals surface area contributed by atoms with E-state index in [4.69, 9.17) is 4.74 Å². The topological polar surface area (TPSA) is 66.8 Å². The zero-order valence-electron chi connectivity index (χ0n) is 9.47. The third-order valence-corrected chi connectivity index (χ3v) is 2.95. The van der Waals surface area contributed by atoms with Crippen LogP contribution in [-0.4, -0.2) is 35.0 Å². The van der Waals surface area contributed by atoms with E-state index in [0.29, 0.717) is 34.9 Å². The van der Waals surface area contributed by atoms with Gasteiger partial charge in [0.1, 0.15) is 11.9 Å². The SMILES string of the molecule is COc1cc(C(O)C(O)CCBr)ccc1C=O. The minimum absolute atomic E-state index is 0.391. The van der Waals surface area contributed by atoms with Crippen LogP contribution in [0.5, 0.6) is 5.75 Å². The number of carbonyl (C=O) groups excluding carboxylic acids is 1. The number of carbonyl (C=O) groups is 1. The maximum atomic E-state index is 10.7. The lowest BCUT2D eigenvalue weighted by Gasteiger charge is -2.18. The Labute approximate surface area is 108 Å². The van der Waals surface area contributed by atoms with Crippen LogP contribution in [0.3, 0.4) is 0 Å². The van der Waals surface area contributed by atoms with Crippen LogP contribution in [0, 0.1) is 0 Å². The molecule has 0 aromatic heterocycles. The van der Waals surface area contributed by atoms with Crippen LogP contribution in [0.15, 0.2) is 18.2 Å². The summed E-state index contributed by atoms with van der Waals surface area (Å²) in [4.78, 5) is 10.7. The van der Waals surface area contributed by atoms with Crippen molar-refractivity contribution in [2.24, 2.45) is 0 Å². The van der Waals surface area contributed by atoms with E-state index < -0.39 is 12.2 Å². The fourth-order valence-electron chi connectivity index (χ4n) is 1.50. The first-order chi connectivity index (χ1) is 8.13. The molecule has 0 saturated carbocycles. The van der Waals surface area contributed by atoms with Crippen molar-refractivity contribution in [3.8, 4) is 5.75 Å². The maximum Gasteiger partial charge on any atom is 0.153 e. The molecule has 0 bridgehead atoms. The number of ether oxygens (including phenoxy) is 1. The molecular formula is C12H15BrO4. The number of aliphatic hydroxyl groups is 2. The van der Waals surface area contributed by atoms with Crippen molar-refractivity contribution in [3.05, 3.63) is 29.3 Å². The minimum atomic E-state index is -0.984. The van der Waals surface area contributed by atoms with Gasteiger partial charge in [0.2, 0.25) is 0 Å². The van der Waals surface area contributed by atoms with Gasteiger partial charge in [0.05, 0.1) is 18.8 Å². The molecule has 0 aliphatic carbocycles. The molecule has 94 valence electrons. The molecular weight excluding hydrogens is 288 g/mol. The highest BCUT2D eigenvalue weighted by atomic mass is 79.9. The van der Waals surface area contributed by atoms with Crippen LogP contribution in [0.1, 0.15) is 28.4 Å². The Morgan fingerprint density at radius 2 is 2.18 bits per heavy atom. The lowest BCUT2D eigenvalue weighted by Crippen LogP contribution is -2.18.